The van der Waals surface area contributed by atoms with Gasteiger partial charge in [0.25, 0.3) is 0 Å². The third-order valence-electron chi connectivity index (χ3n) is 3.39. The van der Waals surface area contributed by atoms with Crippen molar-refractivity contribution in [2.45, 2.75) is 32.7 Å². The molecule has 1 rings (SSSR count). The molecule has 112 valence electrons. The van der Waals surface area contributed by atoms with Crippen molar-refractivity contribution in [1.29, 1.82) is 0 Å². The Morgan fingerprint density at radius 1 is 1.20 bits per heavy atom. The predicted molar refractivity (Wildman–Crippen MR) is 88.0 cm³/mol. The van der Waals surface area contributed by atoms with Crippen LogP contribution in [0.1, 0.15) is 43.9 Å². The minimum atomic E-state index is -0.151. The summed E-state index contributed by atoms with van der Waals surface area (Å²) in [6, 6.07) is 8.17. The summed E-state index contributed by atoms with van der Waals surface area (Å²) in [5.41, 5.74) is 8.49. The highest BCUT2D eigenvalue weighted by Crippen LogP contribution is 2.17. The number of hydrogen-bond donors (Lipinski definition) is 2. The van der Waals surface area contributed by atoms with Crippen LogP contribution in [0, 0.1) is 5.92 Å². The average molecular weight is 294 g/mol. The summed E-state index contributed by atoms with van der Waals surface area (Å²) in [5.74, 6) is 1.46. The first-order valence-corrected chi connectivity index (χ1v) is 8.47. The van der Waals surface area contributed by atoms with E-state index < -0.39 is 0 Å². The van der Waals surface area contributed by atoms with Crippen molar-refractivity contribution < 1.29 is 4.79 Å². The molecule has 3 nitrogen and oxygen atoms in total. The molecule has 1 aromatic rings. The van der Waals surface area contributed by atoms with Crippen molar-refractivity contribution in [1.82, 2.24) is 5.32 Å². The number of carbonyl (C=O) groups excluding carboxylic acids is 1. The maximum atomic E-state index is 11.8. The van der Waals surface area contributed by atoms with Gasteiger partial charge < -0.3 is 11.1 Å². The zero-order chi connectivity index (χ0) is 15.1. The molecule has 0 aliphatic heterocycles. The first-order chi connectivity index (χ1) is 9.45. The predicted octanol–water partition coefficient (Wildman–Crippen LogP) is 2.93. The van der Waals surface area contributed by atoms with Crippen molar-refractivity contribution in [3.05, 3.63) is 35.4 Å². The molecule has 0 saturated heterocycles. The Labute approximate surface area is 126 Å². The highest BCUT2D eigenvalue weighted by atomic mass is 32.2. The summed E-state index contributed by atoms with van der Waals surface area (Å²) in [6.45, 7) is 6.76. The molecule has 0 aliphatic rings. The van der Waals surface area contributed by atoms with Gasteiger partial charge in [-0.25, -0.2) is 0 Å². The molecule has 0 aliphatic carbocycles. The third-order valence-corrected chi connectivity index (χ3v) is 4.23. The van der Waals surface area contributed by atoms with Crippen LogP contribution < -0.4 is 11.1 Å². The van der Waals surface area contributed by atoms with Crippen LogP contribution in [0.2, 0.25) is 0 Å². The molecule has 0 spiro atoms. The van der Waals surface area contributed by atoms with E-state index in [1.165, 1.54) is 5.56 Å². The fourth-order valence-electron chi connectivity index (χ4n) is 1.96. The molecule has 0 saturated carbocycles. The zero-order valence-corrected chi connectivity index (χ0v) is 13.7. The van der Waals surface area contributed by atoms with Gasteiger partial charge in [0.2, 0.25) is 5.91 Å². The minimum Gasteiger partial charge on any atom is -0.354 e. The number of nitrogens with one attached hydrogen (secondary N) is 1. The van der Waals surface area contributed by atoms with Gasteiger partial charge in [0.05, 0.1) is 0 Å². The summed E-state index contributed by atoms with van der Waals surface area (Å²) in [5, 5.41) is 2.93. The first-order valence-electron chi connectivity index (χ1n) is 7.07. The summed E-state index contributed by atoms with van der Waals surface area (Å²) in [7, 11) is 0. The molecule has 0 aromatic heterocycles. The Morgan fingerprint density at radius 2 is 1.75 bits per heavy atom. The molecule has 2 unspecified atom stereocenters. The molecular weight excluding hydrogens is 268 g/mol. The maximum Gasteiger partial charge on any atom is 0.223 e. The normalized spacial score (nSPS) is 14.1. The average Bonchev–Trinajstić information content (AvgIpc) is 2.44. The molecule has 2 atom stereocenters. The fourth-order valence-corrected chi connectivity index (χ4v) is 2.61. The van der Waals surface area contributed by atoms with Crippen molar-refractivity contribution in [2.24, 2.45) is 11.7 Å². The van der Waals surface area contributed by atoms with Crippen LogP contribution in [0.5, 0.6) is 0 Å². The van der Waals surface area contributed by atoms with Gasteiger partial charge in [-0.2, -0.15) is 11.8 Å². The van der Waals surface area contributed by atoms with E-state index in [4.69, 9.17) is 5.73 Å². The SMILES string of the molecule is CSCC(C)C(=O)NCC(N)c1ccc(C(C)C)cc1. The molecule has 0 bridgehead atoms. The maximum absolute atomic E-state index is 11.8. The van der Waals surface area contributed by atoms with Crippen LogP contribution in [0.15, 0.2) is 24.3 Å². The molecule has 1 amide bonds. The van der Waals surface area contributed by atoms with E-state index in [0.717, 1.165) is 11.3 Å². The van der Waals surface area contributed by atoms with E-state index in [1.54, 1.807) is 11.8 Å². The van der Waals surface area contributed by atoms with Crippen LogP contribution in [-0.4, -0.2) is 24.5 Å². The lowest BCUT2D eigenvalue weighted by Crippen LogP contribution is -2.35. The summed E-state index contributed by atoms with van der Waals surface area (Å²) in [6.07, 6.45) is 2.01. The van der Waals surface area contributed by atoms with Crippen molar-refractivity contribution in [3.63, 3.8) is 0 Å². The van der Waals surface area contributed by atoms with Crippen molar-refractivity contribution >= 4 is 17.7 Å². The molecule has 3 N–H and O–H groups in total. The van der Waals surface area contributed by atoms with E-state index >= 15 is 0 Å². The second-order valence-corrected chi connectivity index (χ2v) is 6.44. The second-order valence-electron chi connectivity index (χ2n) is 5.53. The topological polar surface area (TPSA) is 55.1 Å². The van der Waals surface area contributed by atoms with Gasteiger partial charge in [-0.05, 0) is 23.3 Å². The number of rotatable bonds is 7. The summed E-state index contributed by atoms with van der Waals surface area (Å²) >= 11 is 1.68. The Morgan fingerprint density at radius 3 is 2.25 bits per heavy atom. The number of benzene rings is 1. The number of amides is 1. The third kappa shape index (κ3) is 5.17. The highest BCUT2D eigenvalue weighted by Gasteiger charge is 2.14. The smallest absolute Gasteiger partial charge is 0.223 e. The van der Waals surface area contributed by atoms with Crippen LogP contribution in [0.3, 0.4) is 0 Å². The molecule has 4 heteroatoms. The monoisotopic (exact) mass is 294 g/mol. The van der Waals surface area contributed by atoms with E-state index in [2.05, 4.69) is 43.4 Å². The van der Waals surface area contributed by atoms with E-state index in [0.29, 0.717) is 12.5 Å². The second kappa shape index (κ2) is 8.32. The quantitative estimate of drug-likeness (QED) is 0.813. The van der Waals surface area contributed by atoms with Gasteiger partial charge in [-0.3, -0.25) is 4.79 Å². The van der Waals surface area contributed by atoms with Crippen molar-refractivity contribution in [2.75, 3.05) is 18.6 Å². The van der Waals surface area contributed by atoms with Gasteiger partial charge in [-0.1, -0.05) is 45.0 Å². The van der Waals surface area contributed by atoms with Gasteiger partial charge in [0.15, 0.2) is 0 Å². The van der Waals surface area contributed by atoms with Crippen LogP contribution >= 0.6 is 11.8 Å². The molecular formula is C16H26N2OS. The lowest BCUT2D eigenvalue weighted by molar-refractivity contribution is -0.123. The summed E-state index contributed by atoms with van der Waals surface area (Å²) in [4.78, 5) is 11.8. The van der Waals surface area contributed by atoms with Gasteiger partial charge >= 0.3 is 0 Å². The van der Waals surface area contributed by atoms with Crippen LogP contribution in [0.25, 0.3) is 0 Å². The molecule has 0 fully saturated rings. The van der Waals surface area contributed by atoms with Crippen molar-refractivity contribution in [3.8, 4) is 0 Å². The lowest BCUT2D eigenvalue weighted by atomic mass is 9.99. The van der Waals surface area contributed by atoms with Gasteiger partial charge in [-0.15, -0.1) is 0 Å². The highest BCUT2D eigenvalue weighted by molar-refractivity contribution is 7.98. The molecule has 1 aromatic carbocycles. The molecule has 0 heterocycles. The Hall–Kier alpha value is -1.00. The Bertz CT molecular complexity index is 417. The Kier molecular flexibility index (Phi) is 7.10. The molecule has 20 heavy (non-hydrogen) atoms. The van der Waals surface area contributed by atoms with Gasteiger partial charge in [0.1, 0.15) is 0 Å². The van der Waals surface area contributed by atoms with Crippen LogP contribution in [-0.2, 0) is 4.79 Å². The minimum absolute atomic E-state index is 0.0283. The Balaban J connectivity index is 2.50. The number of carbonyl (C=O) groups is 1. The van der Waals surface area contributed by atoms with Crippen LogP contribution in [0.4, 0.5) is 0 Å². The number of thioether (sulfide) groups is 1. The number of nitrogens with two attached hydrogens (primary N) is 1. The molecule has 0 radical (unpaired) electrons. The van der Waals surface area contributed by atoms with E-state index in [1.807, 2.05) is 13.2 Å². The van der Waals surface area contributed by atoms with E-state index in [9.17, 15) is 4.79 Å². The summed E-state index contributed by atoms with van der Waals surface area (Å²) < 4.78 is 0. The number of hydrogen-bond acceptors (Lipinski definition) is 3. The first kappa shape index (κ1) is 17.1. The van der Waals surface area contributed by atoms with Gasteiger partial charge in [0, 0.05) is 24.3 Å². The largest absolute Gasteiger partial charge is 0.354 e. The fraction of sp³-hybridized carbons (Fsp3) is 0.562. The van der Waals surface area contributed by atoms with E-state index in [-0.39, 0.29) is 17.9 Å². The zero-order valence-electron chi connectivity index (χ0n) is 12.8. The standard InChI is InChI=1S/C16H26N2OS/c1-11(2)13-5-7-14(8-6-13)15(17)9-18-16(19)12(3)10-20-4/h5-8,11-12,15H,9-10,17H2,1-4H3,(H,18,19). The lowest BCUT2D eigenvalue weighted by Gasteiger charge is -2.16.